The molecule has 0 bridgehead atoms. The van der Waals surface area contributed by atoms with Crippen molar-refractivity contribution in [2.75, 3.05) is 32.1 Å². The van der Waals surface area contributed by atoms with Crippen LogP contribution in [0, 0.1) is 0 Å². The van der Waals surface area contributed by atoms with E-state index < -0.39 is 0 Å². The van der Waals surface area contributed by atoms with Crippen LogP contribution in [0.2, 0.25) is 0 Å². The number of rotatable bonds is 9. The molecule has 0 radical (unpaired) electrons. The standard InChI is InChI=1S/C20H30N6O2/c1-28-15-16-4-5-18(22-14-16)23-19-8-13-26(20(27)24-19)10-3-2-9-25-11-6-17(21)7-12-25/h4-5,8,13-14,17H,2-3,6-7,9-12,15,21H2,1H3,(H,22,23,24,27). The zero-order valence-electron chi connectivity index (χ0n) is 16.5. The van der Waals surface area contributed by atoms with Crippen molar-refractivity contribution in [1.82, 2.24) is 19.4 Å². The molecule has 8 nitrogen and oxygen atoms in total. The van der Waals surface area contributed by atoms with Gasteiger partial charge in [0, 0.05) is 32.1 Å². The second-order valence-corrected chi connectivity index (χ2v) is 7.28. The van der Waals surface area contributed by atoms with Gasteiger partial charge in [0.25, 0.3) is 0 Å². The number of nitrogens with two attached hydrogens (primary N) is 1. The number of methoxy groups -OCH3 is 1. The first kappa shape index (κ1) is 20.4. The minimum atomic E-state index is -0.245. The first-order chi connectivity index (χ1) is 13.6. The average Bonchev–Trinajstić information content (AvgIpc) is 2.70. The number of aromatic nitrogens is 3. The van der Waals surface area contributed by atoms with Crippen molar-refractivity contribution in [3.05, 3.63) is 46.6 Å². The fourth-order valence-electron chi connectivity index (χ4n) is 3.34. The second kappa shape index (κ2) is 10.3. The summed E-state index contributed by atoms with van der Waals surface area (Å²) in [7, 11) is 1.65. The van der Waals surface area contributed by atoms with Crippen LogP contribution in [0.3, 0.4) is 0 Å². The van der Waals surface area contributed by atoms with Gasteiger partial charge in [0.1, 0.15) is 11.6 Å². The molecule has 1 aliphatic heterocycles. The van der Waals surface area contributed by atoms with Crippen LogP contribution in [0.25, 0.3) is 0 Å². The minimum Gasteiger partial charge on any atom is -0.380 e. The molecule has 0 spiro atoms. The molecule has 8 heteroatoms. The third kappa shape index (κ3) is 6.12. The third-order valence-corrected chi connectivity index (χ3v) is 5.02. The normalized spacial score (nSPS) is 15.6. The molecule has 0 unspecified atom stereocenters. The molecule has 2 aromatic heterocycles. The van der Waals surface area contributed by atoms with E-state index in [0.717, 1.165) is 50.9 Å². The van der Waals surface area contributed by atoms with E-state index in [2.05, 4.69) is 20.2 Å². The Hall–Kier alpha value is -2.29. The van der Waals surface area contributed by atoms with Crippen LogP contribution in [0.4, 0.5) is 11.6 Å². The number of anilines is 2. The van der Waals surface area contributed by atoms with E-state index in [0.29, 0.717) is 30.8 Å². The van der Waals surface area contributed by atoms with Crippen molar-refractivity contribution >= 4 is 11.6 Å². The Kier molecular flexibility index (Phi) is 7.53. The molecular formula is C20H30N6O2. The molecule has 152 valence electrons. The number of likely N-dealkylation sites (tertiary alicyclic amines) is 1. The Balaban J connectivity index is 1.45. The fourth-order valence-corrected chi connectivity index (χ4v) is 3.34. The Morgan fingerprint density at radius 3 is 2.64 bits per heavy atom. The summed E-state index contributed by atoms with van der Waals surface area (Å²) in [6.45, 7) is 4.45. The van der Waals surface area contributed by atoms with E-state index in [-0.39, 0.29) is 5.69 Å². The van der Waals surface area contributed by atoms with Gasteiger partial charge in [0.15, 0.2) is 0 Å². The number of nitrogens with zero attached hydrogens (tertiary/aromatic N) is 4. The van der Waals surface area contributed by atoms with Gasteiger partial charge in [-0.15, -0.1) is 0 Å². The van der Waals surface area contributed by atoms with Gasteiger partial charge in [-0.25, -0.2) is 9.78 Å². The molecule has 0 amide bonds. The molecule has 0 saturated carbocycles. The molecule has 0 atom stereocenters. The lowest BCUT2D eigenvalue weighted by molar-refractivity contribution is 0.184. The van der Waals surface area contributed by atoms with E-state index in [1.165, 1.54) is 0 Å². The van der Waals surface area contributed by atoms with Crippen LogP contribution in [-0.4, -0.2) is 52.2 Å². The smallest absolute Gasteiger partial charge is 0.349 e. The highest BCUT2D eigenvalue weighted by atomic mass is 16.5. The van der Waals surface area contributed by atoms with Gasteiger partial charge in [-0.1, -0.05) is 6.07 Å². The minimum absolute atomic E-state index is 0.245. The van der Waals surface area contributed by atoms with E-state index in [1.54, 1.807) is 30.1 Å². The number of ether oxygens (including phenoxy) is 1. The Bertz CT molecular complexity index is 784. The fraction of sp³-hybridized carbons (Fsp3) is 0.550. The predicted octanol–water partition coefficient (Wildman–Crippen LogP) is 1.73. The number of hydrogen-bond donors (Lipinski definition) is 2. The quantitative estimate of drug-likeness (QED) is 0.633. The first-order valence-electron chi connectivity index (χ1n) is 9.90. The summed E-state index contributed by atoms with van der Waals surface area (Å²) >= 11 is 0. The van der Waals surface area contributed by atoms with Crippen molar-refractivity contribution in [3.8, 4) is 0 Å². The largest absolute Gasteiger partial charge is 0.380 e. The Morgan fingerprint density at radius 1 is 1.18 bits per heavy atom. The lowest BCUT2D eigenvalue weighted by Crippen LogP contribution is -2.40. The van der Waals surface area contributed by atoms with Gasteiger partial charge in [0.05, 0.1) is 6.61 Å². The summed E-state index contributed by atoms with van der Waals surface area (Å²) in [4.78, 5) is 23.1. The van der Waals surface area contributed by atoms with E-state index in [4.69, 9.17) is 10.5 Å². The zero-order valence-corrected chi connectivity index (χ0v) is 16.5. The molecule has 1 saturated heterocycles. The van der Waals surface area contributed by atoms with E-state index in [1.807, 2.05) is 12.1 Å². The van der Waals surface area contributed by atoms with E-state index in [9.17, 15) is 4.79 Å². The summed E-state index contributed by atoms with van der Waals surface area (Å²) in [5, 5.41) is 3.06. The van der Waals surface area contributed by atoms with Crippen molar-refractivity contribution in [2.45, 2.75) is 44.9 Å². The molecular weight excluding hydrogens is 356 g/mol. The van der Waals surface area contributed by atoms with Gasteiger partial charge >= 0.3 is 5.69 Å². The maximum atomic E-state index is 12.3. The number of hydrogen-bond acceptors (Lipinski definition) is 7. The van der Waals surface area contributed by atoms with Crippen molar-refractivity contribution in [2.24, 2.45) is 5.73 Å². The summed E-state index contributed by atoms with van der Waals surface area (Å²) in [5.74, 6) is 1.14. The van der Waals surface area contributed by atoms with Crippen LogP contribution in [-0.2, 0) is 17.9 Å². The van der Waals surface area contributed by atoms with Crippen molar-refractivity contribution in [3.63, 3.8) is 0 Å². The van der Waals surface area contributed by atoms with Crippen LogP contribution >= 0.6 is 0 Å². The lowest BCUT2D eigenvalue weighted by Gasteiger charge is -2.29. The lowest BCUT2D eigenvalue weighted by atomic mass is 10.1. The maximum absolute atomic E-state index is 12.3. The molecule has 0 aliphatic carbocycles. The molecule has 3 heterocycles. The zero-order chi connectivity index (χ0) is 19.8. The number of nitrogens with one attached hydrogen (secondary N) is 1. The Labute approximate surface area is 165 Å². The third-order valence-electron chi connectivity index (χ3n) is 5.02. The van der Waals surface area contributed by atoms with Crippen molar-refractivity contribution in [1.29, 1.82) is 0 Å². The molecule has 28 heavy (non-hydrogen) atoms. The van der Waals surface area contributed by atoms with E-state index >= 15 is 0 Å². The highest BCUT2D eigenvalue weighted by Crippen LogP contribution is 2.12. The van der Waals surface area contributed by atoms with Gasteiger partial charge in [0.2, 0.25) is 0 Å². The second-order valence-electron chi connectivity index (χ2n) is 7.28. The molecule has 3 rings (SSSR count). The summed E-state index contributed by atoms with van der Waals surface area (Å²) < 4.78 is 6.73. The molecule has 1 aliphatic rings. The number of pyridine rings is 1. The predicted molar refractivity (Wildman–Crippen MR) is 110 cm³/mol. The monoisotopic (exact) mass is 386 g/mol. The van der Waals surface area contributed by atoms with Crippen LogP contribution in [0.5, 0.6) is 0 Å². The van der Waals surface area contributed by atoms with Gasteiger partial charge in [-0.05, 0) is 63.0 Å². The SMILES string of the molecule is COCc1ccc(Nc2ccn(CCCCN3CCC(N)CC3)c(=O)n2)nc1. The van der Waals surface area contributed by atoms with Crippen LogP contribution in [0.15, 0.2) is 35.4 Å². The highest BCUT2D eigenvalue weighted by molar-refractivity contribution is 5.50. The average molecular weight is 387 g/mol. The molecule has 0 aromatic carbocycles. The van der Waals surface area contributed by atoms with Crippen LogP contribution in [0.1, 0.15) is 31.2 Å². The van der Waals surface area contributed by atoms with Gasteiger partial charge in [-0.3, -0.25) is 4.57 Å². The number of piperidine rings is 1. The maximum Gasteiger partial charge on any atom is 0.349 e. The molecule has 1 fully saturated rings. The summed E-state index contributed by atoms with van der Waals surface area (Å²) in [5.41, 5.74) is 6.68. The molecule has 2 aromatic rings. The number of unbranched alkanes of at least 4 members (excludes halogenated alkanes) is 1. The van der Waals surface area contributed by atoms with Crippen LogP contribution < -0.4 is 16.7 Å². The Morgan fingerprint density at radius 2 is 1.96 bits per heavy atom. The first-order valence-corrected chi connectivity index (χ1v) is 9.90. The molecule has 3 N–H and O–H groups in total. The highest BCUT2D eigenvalue weighted by Gasteiger charge is 2.15. The summed E-state index contributed by atoms with van der Waals surface area (Å²) in [6.07, 6.45) is 7.72. The van der Waals surface area contributed by atoms with Crippen molar-refractivity contribution < 1.29 is 4.74 Å². The number of aryl methyl sites for hydroxylation is 1. The summed E-state index contributed by atoms with van der Waals surface area (Å²) in [6, 6.07) is 5.94. The van der Waals surface area contributed by atoms with Gasteiger partial charge in [-0.2, -0.15) is 4.98 Å². The van der Waals surface area contributed by atoms with Gasteiger partial charge < -0.3 is 20.7 Å². The topological polar surface area (TPSA) is 98.3 Å².